The SMILES string of the molecule is CCN(CC)C(=O)[C@@H]1CCCN(c2nccc(CCC(F)(F)F)n2)C1. The number of halogens is 3. The standard InChI is InChI=1S/C17H25F3N4O/c1-3-23(4-2)15(25)13-6-5-11-24(12-13)16-21-10-8-14(22-16)7-9-17(18,19)20/h8,10,13H,3-7,9,11-12H2,1-2H3/t13-/m1/s1. The van der Waals surface area contributed by atoms with Gasteiger partial charge in [-0.15, -0.1) is 0 Å². The van der Waals surface area contributed by atoms with Gasteiger partial charge >= 0.3 is 6.18 Å². The Morgan fingerprint density at radius 2 is 2.08 bits per heavy atom. The normalized spacial score (nSPS) is 18.3. The lowest BCUT2D eigenvalue weighted by molar-refractivity contribution is -0.135. The Bertz CT molecular complexity index is 575. The molecule has 1 fully saturated rings. The second kappa shape index (κ2) is 8.49. The van der Waals surface area contributed by atoms with Crippen molar-refractivity contribution in [2.45, 2.75) is 45.7 Å². The lowest BCUT2D eigenvalue weighted by atomic mass is 9.96. The molecule has 1 amide bonds. The highest BCUT2D eigenvalue weighted by atomic mass is 19.4. The summed E-state index contributed by atoms with van der Waals surface area (Å²) in [6, 6.07) is 1.51. The van der Waals surface area contributed by atoms with Crippen molar-refractivity contribution in [2.24, 2.45) is 5.92 Å². The van der Waals surface area contributed by atoms with E-state index < -0.39 is 12.6 Å². The Hall–Kier alpha value is -1.86. The van der Waals surface area contributed by atoms with Gasteiger partial charge in [0.15, 0.2) is 0 Å². The van der Waals surface area contributed by atoms with E-state index in [4.69, 9.17) is 0 Å². The van der Waals surface area contributed by atoms with E-state index in [0.29, 0.717) is 37.8 Å². The number of hydrogen-bond acceptors (Lipinski definition) is 4. The first-order chi connectivity index (χ1) is 11.8. The Labute approximate surface area is 146 Å². The van der Waals surface area contributed by atoms with Crippen molar-refractivity contribution in [3.8, 4) is 0 Å². The number of carbonyl (C=O) groups excluding carboxylic acids is 1. The van der Waals surface area contributed by atoms with Crippen LogP contribution < -0.4 is 4.90 Å². The zero-order valence-corrected chi connectivity index (χ0v) is 14.7. The molecule has 1 aromatic heterocycles. The average molecular weight is 358 g/mol. The minimum Gasteiger partial charge on any atom is -0.343 e. The maximum absolute atomic E-state index is 12.6. The second-order valence-electron chi connectivity index (χ2n) is 6.26. The zero-order chi connectivity index (χ0) is 18.4. The fourth-order valence-corrected chi connectivity index (χ4v) is 3.10. The van der Waals surface area contributed by atoms with Gasteiger partial charge in [-0.3, -0.25) is 4.79 Å². The molecule has 0 spiro atoms. The molecule has 1 aliphatic heterocycles. The molecular weight excluding hydrogens is 333 g/mol. The van der Waals surface area contributed by atoms with Crippen molar-refractivity contribution in [1.82, 2.24) is 14.9 Å². The Kier molecular flexibility index (Phi) is 6.61. The molecule has 5 nitrogen and oxygen atoms in total. The molecule has 2 heterocycles. The van der Waals surface area contributed by atoms with Crippen molar-refractivity contribution in [3.63, 3.8) is 0 Å². The predicted molar refractivity (Wildman–Crippen MR) is 89.3 cm³/mol. The summed E-state index contributed by atoms with van der Waals surface area (Å²) in [4.78, 5) is 24.7. The number of nitrogens with zero attached hydrogens (tertiary/aromatic N) is 4. The summed E-state index contributed by atoms with van der Waals surface area (Å²) in [6.45, 7) is 6.48. The molecule has 0 unspecified atom stereocenters. The van der Waals surface area contributed by atoms with Crippen molar-refractivity contribution in [1.29, 1.82) is 0 Å². The number of hydrogen-bond donors (Lipinski definition) is 0. The van der Waals surface area contributed by atoms with Crippen molar-refractivity contribution in [2.75, 3.05) is 31.1 Å². The Balaban J connectivity index is 2.04. The molecule has 1 atom stereocenters. The van der Waals surface area contributed by atoms with Crippen LogP contribution in [0.5, 0.6) is 0 Å². The molecule has 1 aliphatic rings. The van der Waals surface area contributed by atoms with Crippen LogP contribution >= 0.6 is 0 Å². The average Bonchev–Trinajstić information content (AvgIpc) is 2.61. The maximum atomic E-state index is 12.6. The minimum atomic E-state index is -4.20. The largest absolute Gasteiger partial charge is 0.389 e. The molecule has 0 aliphatic carbocycles. The lowest BCUT2D eigenvalue weighted by Gasteiger charge is -2.34. The highest BCUT2D eigenvalue weighted by molar-refractivity contribution is 5.79. The molecule has 8 heteroatoms. The van der Waals surface area contributed by atoms with Crippen LogP contribution in [0.25, 0.3) is 0 Å². The van der Waals surface area contributed by atoms with Gasteiger partial charge in [0.25, 0.3) is 0 Å². The van der Waals surface area contributed by atoms with Crippen LogP contribution in [0.4, 0.5) is 19.1 Å². The molecule has 2 rings (SSSR count). The highest BCUT2D eigenvalue weighted by Crippen LogP contribution is 2.24. The van der Waals surface area contributed by atoms with E-state index in [1.807, 2.05) is 23.6 Å². The molecular formula is C17H25F3N4O. The summed E-state index contributed by atoms with van der Waals surface area (Å²) in [6.07, 6.45) is -2.10. The number of alkyl halides is 3. The minimum absolute atomic E-state index is 0.115. The fraction of sp³-hybridized carbons (Fsp3) is 0.706. The predicted octanol–water partition coefficient (Wildman–Crippen LogP) is 3.06. The summed E-state index contributed by atoms with van der Waals surface area (Å²) in [5, 5.41) is 0. The maximum Gasteiger partial charge on any atom is 0.389 e. The zero-order valence-electron chi connectivity index (χ0n) is 14.7. The van der Waals surface area contributed by atoms with Crippen LogP contribution in [0.2, 0.25) is 0 Å². The molecule has 0 N–H and O–H groups in total. The van der Waals surface area contributed by atoms with Gasteiger partial charge in [0.1, 0.15) is 0 Å². The molecule has 1 aromatic rings. The van der Waals surface area contributed by atoms with E-state index >= 15 is 0 Å². The second-order valence-corrected chi connectivity index (χ2v) is 6.26. The number of amides is 1. The Morgan fingerprint density at radius 3 is 2.72 bits per heavy atom. The lowest BCUT2D eigenvalue weighted by Crippen LogP contribution is -2.45. The molecule has 1 saturated heterocycles. The third kappa shape index (κ3) is 5.57. The number of aryl methyl sites for hydroxylation is 1. The van der Waals surface area contributed by atoms with Crippen LogP contribution in [0, 0.1) is 5.92 Å². The summed E-state index contributed by atoms with van der Waals surface area (Å²) >= 11 is 0. The van der Waals surface area contributed by atoms with E-state index in [-0.39, 0.29) is 18.2 Å². The van der Waals surface area contributed by atoms with Crippen LogP contribution in [-0.4, -0.2) is 53.1 Å². The highest BCUT2D eigenvalue weighted by Gasteiger charge is 2.30. The van der Waals surface area contributed by atoms with Gasteiger partial charge in [0.2, 0.25) is 11.9 Å². The van der Waals surface area contributed by atoms with Crippen molar-refractivity contribution >= 4 is 11.9 Å². The van der Waals surface area contributed by atoms with Crippen LogP contribution in [0.3, 0.4) is 0 Å². The number of aromatic nitrogens is 2. The molecule has 0 aromatic carbocycles. The number of rotatable bonds is 6. The Morgan fingerprint density at radius 1 is 1.36 bits per heavy atom. The topological polar surface area (TPSA) is 49.3 Å². The fourth-order valence-electron chi connectivity index (χ4n) is 3.10. The first-order valence-corrected chi connectivity index (χ1v) is 8.76. The summed E-state index contributed by atoms with van der Waals surface area (Å²) in [5.74, 6) is 0.427. The van der Waals surface area contributed by atoms with Gasteiger partial charge in [0.05, 0.1) is 5.92 Å². The molecule has 0 radical (unpaired) electrons. The third-order valence-corrected chi connectivity index (χ3v) is 4.49. The van der Waals surface area contributed by atoms with Crippen LogP contribution in [0.15, 0.2) is 12.3 Å². The van der Waals surface area contributed by atoms with Gasteiger partial charge in [0, 0.05) is 44.5 Å². The number of carbonyl (C=O) groups is 1. The van der Waals surface area contributed by atoms with E-state index in [1.165, 1.54) is 12.3 Å². The number of piperidine rings is 1. The molecule has 0 bridgehead atoms. The molecule has 25 heavy (non-hydrogen) atoms. The summed E-state index contributed by atoms with van der Waals surface area (Å²) in [7, 11) is 0. The van der Waals surface area contributed by atoms with E-state index in [1.54, 1.807) is 0 Å². The van der Waals surface area contributed by atoms with E-state index in [0.717, 1.165) is 12.8 Å². The molecule has 0 saturated carbocycles. The first kappa shape index (κ1) is 19.5. The van der Waals surface area contributed by atoms with Crippen LogP contribution in [-0.2, 0) is 11.2 Å². The van der Waals surface area contributed by atoms with Gasteiger partial charge < -0.3 is 9.80 Å². The summed E-state index contributed by atoms with van der Waals surface area (Å²) < 4.78 is 37.2. The quantitative estimate of drug-likeness (QED) is 0.784. The monoisotopic (exact) mass is 358 g/mol. The molecule has 140 valence electrons. The smallest absolute Gasteiger partial charge is 0.343 e. The van der Waals surface area contributed by atoms with Gasteiger partial charge in [-0.25, -0.2) is 9.97 Å². The van der Waals surface area contributed by atoms with Gasteiger partial charge in [-0.2, -0.15) is 13.2 Å². The van der Waals surface area contributed by atoms with Gasteiger partial charge in [-0.05, 0) is 39.2 Å². The van der Waals surface area contributed by atoms with E-state index in [2.05, 4.69) is 9.97 Å². The van der Waals surface area contributed by atoms with E-state index in [9.17, 15) is 18.0 Å². The third-order valence-electron chi connectivity index (χ3n) is 4.49. The van der Waals surface area contributed by atoms with Crippen molar-refractivity contribution in [3.05, 3.63) is 18.0 Å². The van der Waals surface area contributed by atoms with Gasteiger partial charge in [-0.1, -0.05) is 0 Å². The van der Waals surface area contributed by atoms with Crippen LogP contribution in [0.1, 0.15) is 38.8 Å². The summed E-state index contributed by atoms with van der Waals surface area (Å²) in [5.41, 5.74) is 0.375. The number of anilines is 1. The van der Waals surface area contributed by atoms with Crippen molar-refractivity contribution < 1.29 is 18.0 Å². The first-order valence-electron chi connectivity index (χ1n) is 8.76.